The van der Waals surface area contributed by atoms with E-state index in [-0.39, 0.29) is 11.9 Å². The second-order valence-electron chi connectivity index (χ2n) is 7.60. The molecule has 0 aromatic heterocycles. The highest BCUT2D eigenvalue weighted by Crippen LogP contribution is 2.37. The fraction of sp³-hybridized carbons (Fsp3) is 0.636. The van der Waals surface area contributed by atoms with Gasteiger partial charge in [0.1, 0.15) is 6.04 Å². The molecule has 0 radical (unpaired) electrons. The summed E-state index contributed by atoms with van der Waals surface area (Å²) < 4.78 is 0. The van der Waals surface area contributed by atoms with Crippen molar-refractivity contribution in [3.8, 4) is 0 Å². The predicted octanol–water partition coefficient (Wildman–Crippen LogP) is 4.90. The Bertz CT molecular complexity index is 580. The number of carbonyl (C=O) groups is 1. The number of rotatable bonds is 4. The summed E-state index contributed by atoms with van der Waals surface area (Å²) in [6.07, 6.45) is 14.6. The van der Waals surface area contributed by atoms with Crippen molar-refractivity contribution in [2.24, 2.45) is 11.0 Å². The number of carbonyl (C=O) groups excluding carboxylic acids is 1. The third kappa shape index (κ3) is 4.66. The van der Waals surface area contributed by atoms with Crippen LogP contribution in [0.2, 0.25) is 0 Å². The van der Waals surface area contributed by atoms with E-state index in [9.17, 15) is 4.79 Å². The smallest absolute Gasteiger partial charge is 0.251 e. The van der Waals surface area contributed by atoms with E-state index in [1.807, 2.05) is 44.0 Å². The summed E-state index contributed by atoms with van der Waals surface area (Å²) in [6, 6.07) is 0.457. The highest BCUT2D eigenvalue weighted by atomic mass is 16.2. The van der Waals surface area contributed by atoms with Gasteiger partial charge in [0, 0.05) is 30.4 Å². The monoisotopic (exact) mass is 357 g/mol. The summed E-state index contributed by atoms with van der Waals surface area (Å²) in [4.78, 5) is 14.7. The number of hydrogen-bond acceptors (Lipinski definition) is 3. The van der Waals surface area contributed by atoms with Gasteiger partial charge in [0.2, 0.25) is 0 Å². The second-order valence-corrected chi connectivity index (χ2v) is 7.60. The Morgan fingerprint density at radius 1 is 1.27 bits per heavy atom. The Morgan fingerprint density at radius 2 is 1.96 bits per heavy atom. The van der Waals surface area contributed by atoms with Gasteiger partial charge in [0.25, 0.3) is 5.91 Å². The highest BCUT2D eigenvalue weighted by Gasteiger charge is 2.48. The quantitative estimate of drug-likeness (QED) is 0.671. The number of nitrogens with zero attached hydrogens (tertiary/aromatic N) is 3. The molecule has 0 aromatic rings. The van der Waals surface area contributed by atoms with Gasteiger partial charge in [-0.15, -0.1) is 0 Å². The molecule has 0 aromatic carbocycles. The number of amides is 1. The Labute approximate surface area is 159 Å². The fourth-order valence-corrected chi connectivity index (χ4v) is 4.19. The van der Waals surface area contributed by atoms with Crippen molar-refractivity contribution >= 4 is 11.6 Å². The van der Waals surface area contributed by atoms with Gasteiger partial charge in [-0.25, -0.2) is 0 Å². The van der Waals surface area contributed by atoms with Crippen LogP contribution in [0.15, 0.2) is 41.7 Å². The molecule has 1 saturated carbocycles. The molecule has 1 aliphatic carbocycles. The van der Waals surface area contributed by atoms with Crippen LogP contribution in [0, 0.1) is 5.92 Å². The summed E-state index contributed by atoms with van der Waals surface area (Å²) in [5.41, 5.74) is 2.54. The third-order valence-electron chi connectivity index (χ3n) is 5.40. The SMILES string of the molecule is C/C=C/N1CCC2C(CC)=NN(C3CCCC3)C2C1=O.C=CC=C(C)C. The standard InChI is InChI=1S/C16H25N3O.C6H10/c1-3-10-18-11-9-13-14(4-2)17-19(15(13)16(18)20)12-7-5-6-8-12;1-4-5-6(2)3/h3,10,12-13,15H,4-9,11H2,1-2H3;4-5H,1H2,2-3H3/b10-3+;. The fourth-order valence-electron chi connectivity index (χ4n) is 4.19. The van der Waals surface area contributed by atoms with E-state index in [1.54, 1.807) is 6.08 Å². The van der Waals surface area contributed by atoms with Crippen molar-refractivity contribution < 1.29 is 4.79 Å². The first-order valence-corrected chi connectivity index (χ1v) is 10.1. The van der Waals surface area contributed by atoms with Crippen LogP contribution in [-0.2, 0) is 4.79 Å². The maximum absolute atomic E-state index is 12.8. The van der Waals surface area contributed by atoms with Crippen LogP contribution in [0.25, 0.3) is 0 Å². The maximum atomic E-state index is 12.8. The Hall–Kier alpha value is -1.84. The van der Waals surface area contributed by atoms with Crippen LogP contribution in [0.1, 0.15) is 66.2 Å². The third-order valence-corrected chi connectivity index (χ3v) is 5.40. The Balaban J connectivity index is 0.000000352. The van der Waals surface area contributed by atoms with E-state index in [0.717, 1.165) is 19.4 Å². The van der Waals surface area contributed by atoms with Gasteiger partial charge in [-0.05, 0) is 46.5 Å². The average molecular weight is 358 g/mol. The molecule has 0 N–H and O–H groups in total. The lowest BCUT2D eigenvalue weighted by molar-refractivity contribution is -0.138. The minimum absolute atomic E-state index is 0.0296. The topological polar surface area (TPSA) is 35.9 Å². The molecule has 0 spiro atoms. The van der Waals surface area contributed by atoms with Crippen LogP contribution < -0.4 is 0 Å². The Morgan fingerprint density at radius 3 is 2.46 bits per heavy atom. The summed E-state index contributed by atoms with van der Waals surface area (Å²) in [7, 11) is 0. The van der Waals surface area contributed by atoms with Gasteiger partial charge in [-0.1, -0.05) is 50.1 Å². The van der Waals surface area contributed by atoms with E-state index in [4.69, 9.17) is 5.10 Å². The summed E-state index contributed by atoms with van der Waals surface area (Å²) in [5, 5.41) is 7.03. The maximum Gasteiger partial charge on any atom is 0.251 e. The minimum Gasteiger partial charge on any atom is -0.318 e. The molecule has 2 unspecified atom stereocenters. The molecule has 1 amide bonds. The van der Waals surface area contributed by atoms with Gasteiger partial charge in [-0.3, -0.25) is 9.80 Å². The molecular formula is C22H35N3O. The number of allylic oxidation sites excluding steroid dienone is 4. The summed E-state index contributed by atoms with van der Waals surface area (Å²) in [5.74, 6) is 0.605. The highest BCUT2D eigenvalue weighted by molar-refractivity contribution is 5.97. The molecule has 26 heavy (non-hydrogen) atoms. The zero-order valence-electron chi connectivity index (χ0n) is 16.9. The Kier molecular flexibility index (Phi) is 7.67. The number of hydrogen-bond donors (Lipinski definition) is 0. The number of hydrazone groups is 1. The van der Waals surface area contributed by atoms with E-state index in [2.05, 4.69) is 18.5 Å². The molecule has 1 saturated heterocycles. The summed E-state index contributed by atoms with van der Waals surface area (Å²) in [6.45, 7) is 12.6. The second kappa shape index (κ2) is 9.75. The van der Waals surface area contributed by atoms with Crippen molar-refractivity contribution in [2.45, 2.75) is 78.3 Å². The zero-order valence-corrected chi connectivity index (χ0v) is 16.9. The summed E-state index contributed by atoms with van der Waals surface area (Å²) >= 11 is 0. The van der Waals surface area contributed by atoms with E-state index < -0.39 is 0 Å². The van der Waals surface area contributed by atoms with Crippen molar-refractivity contribution in [1.82, 2.24) is 9.91 Å². The normalized spacial score (nSPS) is 25.7. The minimum atomic E-state index is -0.0296. The van der Waals surface area contributed by atoms with Gasteiger partial charge in [-0.2, -0.15) is 5.10 Å². The van der Waals surface area contributed by atoms with Crippen LogP contribution in [0.3, 0.4) is 0 Å². The molecule has 2 atom stereocenters. The van der Waals surface area contributed by atoms with Crippen LogP contribution >= 0.6 is 0 Å². The van der Waals surface area contributed by atoms with Crippen molar-refractivity contribution in [3.05, 3.63) is 36.6 Å². The van der Waals surface area contributed by atoms with E-state index >= 15 is 0 Å². The van der Waals surface area contributed by atoms with Gasteiger partial charge < -0.3 is 4.90 Å². The molecule has 3 rings (SSSR count). The first kappa shape index (κ1) is 20.5. The van der Waals surface area contributed by atoms with Gasteiger partial charge in [0.05, 0.1) is 0 Å². The van der Waals surface area contributed by atoms with Crippen molar-refractivity contribution in [3.63, 3.8) is 0 Å². The lowest BCUT2D eigenvalue weighted by Crippen LogP contribution is -2.53. The molecule has 4 heteroatoms. The first-order valence-electron chi connectivity index (χ1n) is 10.1. The lowest BCUT2D eigenvalue weighted by atomic mass is 9.86. The molecule has 4 nitrogen and oxygen atoms in total. The van der Waals surface area contributed by atoms with E-state index in [0.29, 0.717) is 12.0 Å². The van der Waals surface area contributed by atoms with Gasteiger partial charge in [0.15, 0.2) is 0 Å². The average Bonchev–Trinajstić information content (AvgIpc) is 3.25. The first-order chi connectivity index (χ1) is 12.5. The largest absolute Gasteiger partial charge is 0.318 e. The molecular weight excluding hydrogens is 322 g/mol. The van der Waals surface area contributed by atoms with Gasteiger partial charge >= 0.3 is 0 Å². The van der Waals surface area contributed by atoms with Crippen molar-refractivity contribution in [2.75, 3.05) is 6.54 Å². The molecule has 3 aliphatic rings. The lowest BCUT2D eigenvalue weighted by Gasteiger charge is -2.38. The molecule has 2 aliphatic heterocycles. The molecule has 2 heterocycles. The number of fused-ring (bicyclic) bond motifs is 1. The van der Waals surface area contributed by atoms with Crippen LogP contribution in [0.5, 0.6) is 0 Å². The number of likely N-dealkylation sites (tertiary alicyclic amines) is 1. The van der Waals surface area contributed by atoms with Crippen molar-refractivity contribution in [1.29, 1.82) is 0 Å². The van der Waals surface area contributed by atoms with Crippen LogP contribution in [-0.4, -0.2) is 40.2 Å². The van der Waals surface area contributed by atoms with Crippen LogP contribution in [0.4, 0.5) is 0 Å². The zero-order chi connectivity index (χ0) is 19.1. The molecule has 2 fully saturated rings. The van der Waals surface area contributed by atoms with E-state index in [1.165, 1.54) is 37.0 Å². The molecule has 0 bridgehead atoms. The predicted molar refractivity (Wildman–Crippen MR) is 110 cm³/mol. The molecule has 144 valence electrons. The number of piperidine rings is 1.